The van der Waals surface area contributed by atoms with Gasteiger partial charge in [0.05, 0.1) is 32.7 Å². The minimum Gasteiger partial charge on any atom is -0.479 e. The van der Waals surface area contributed by atoms with Crippen LogP contribution in [0, 0.1) is 3.57 Å². The van der Waals surface area contributed by atoms with E-state index in [9.17, 15) is 158 Å². The molecule has 57 heteroatoms. The summed E-state index contributed by atoms with van der Waals surface area (Å²) in [6.07, 6.45) is -71.6. The van der Waals surface area contributed by atoms with Crippen LogP contribution < -0.4 is 56.8 Å². The van der Waals surface area contributed by atoms with Gasteiger partial charge in [-0.3, -0.25) is 0 Å². The molecule has 0 amide bonds. The molecule has 8 bridgehead atoms. The second-order valence-electron chi connectivity index (χ2n) is 22.3. The summed E-state index contributed by atoms with van der Waals surface area (Å²) in [4.78, 5) is 26.9. The molecule has 0 unspecified atom stereocenters. The van der Waals surface area contributed by atoms with Gasteiger partial charge in [-0.15, -0.1) is 0 Å². The summed E-state index contributed by atoms with van der Waals surface area (Å²) in [5.74, 6) is -35.7. The van der Waals surface area contributed by atoms with Crippen molar-refractivity contribution in [2.45, 2.75) is 74.1 Å². The molecule has 0 fully saturated rings. The fourth-order valence-electron chi connectivity index (χ4n) is 9.67. The summed E-state index contributed by atoms with van der Waals surface area (Å²) in [5.41, 5.74) is -13.2. The molecule has 9 rings (SSSR count). The first-order chi connectivity index (χ1) is 51.4. The van der Waals surface area contributed by atoms with Crippen molar-refractivity contribution < 1.29 is 215 Å². The van der Waals surface area contributed by atoms with Crippen molar-refractivity contribution in [2.24, 2.45) is 0 Å². The molecule has 0 atom stereocenters. The standard InChI is InChI=1S/C56H29F36IN8O12/c57-45(58,59)4-102-25-19-21(27(104-6-47(63,64)65)33(110-12-53(81,82)83)31(25)108-10-51(75,76)77)41-97-39(19)95-37-17-2-1-16(93)3-18(17)38(94-37)96-40-20-22(28(105-7-48(66,67)68)34(111-13-54(84,85)86)32(109-11-52(78,79)80)26(20)103-5-46(60,61)62)42(98-40)100-44-24-23(43(99-41)101-44)29(106-8-49(69,70)71)35(112-14-55(87,88)89)36(113-15-56(90,91)92)30(24)107-9-50(72,73)74/h1-3H,4-15H2,(H2,94,95,96,97,98,99,100,101). The fraction of sp³-hybridized carbons (Fsp3) is 0.429. The molecule has 0 saturated carbocycles. The van der Waals surface area contributed by atoms with Gasteiger partial charge in [-0.2, -0.15) is 158 Å². The molecular weight excluding hydrogens is 1790 g/mol. The molecule has 624 valence electrons. The number of halogens is 37. The van der Waals surface area contributed by atoms with E-state index in [0.29, 0.717) is 0 Å². The SMILES string of the molecule is FC(F)(F)COc1c(OCC(F)(F)F)c(OCC(F)(F)F)c2c(c1OCC(F)(F)F)-c1nc-2nc2[nH]c(nc3nc(nc4[nH]c(n1)c1c(OCC(F)(F)F)c(OCC(F)(F)F)c(OCC(F)(F)F)c(OCC(F)(F)F)c41)-c1ccc(I)cc1-3)c1c(OCC(F)(F)F)c(OCC(F)(F)F)c(OCC(F)(F)F)c(OCC(F)(F)F)c21. The Bertz CT molecular complexity index is 4880. The van der Waals surface area contributed by atoms with Crippen LogP contribution in [0.3, 0.4) is 0 Å². The maximum Gasteiger partial charge on any atom is 0.422 e. The highest BCUT2D eigenvalue weighted by Crippen LogP contribution is 2.62. The molecule has 20 nitrogen and oxygen atoms in total. The highest BCUT2D eigenvalue weighted by Gasteiger charge is 2.47. The highest BCUT2D eigenvalue weighted by molar-refractivity contribution is 14.1. The van der Waals surface area contributed by atoms with E-state index in [1.54, 1.807) is 0 Å². The predicted molar refractivity (Wildman–Crippen MR) is 307 cm³/mol. The van der Waals surface area contributed by atoms with Crippen LogP contribution in [0.4, 0.5) is 158 Å². The third kappa shape index (κ3) is 22.9. The van der Waals surface area contributed by atoms with Crippen LogP contribution in [0.2, 0.25) is 0 Å². The predicted octanol–water partition coefficient (Wildman–Crippen LogP) is 18.8. The van der Waals surface area contributed by atoms with Gasteiger partial charge < -0.3 is 66.8 Å². The fourth-order valence-corrected chi connectivity index (χ4v) is 10.2. The van der Waals surface area contributed by atoms with Crippen LogP contribution >= 0.6 is 22.6 Å². The molecule has 113 heavy (non-hydrogen) atoms. The summed E-state index contributed by atoms with van der Waals surface area (Å²) < 4.78 is 576. The van der Waals surface area contributed by atoms with Gasteiger partial charge in [0.1, 0.15) is 22.6 Å². The van der Waals surface area contributed by atoms with Gasteiger partial charge in [-0.1, -0.05) is 0 Å². The van der Waals surface area contributed by atoms with Crippen LogP contribution in [-0.2, 0) is 0 Å². The van der Waals surface area contributed by atoms with Gasteiger partial charge in [0.25, 0.3) is 0 Å². The Morgan fingerprint density at radius 1 is 0.221 bits per heavy atom. The largest absolute Gasteiger partial charge is 0.479 e. The van der Waals surface area contributed by atoms with Crippen molar-refractivity contribution in [1.82, 2.24) is 39.9 Å². The second-order valence-corrected chi connectivity index (χ2v) is 23.6. The number of alkyl halides is 36. The normalized spacial score (nSPS) is 13.6. The summed E-state index contributed by atoms with van der Waals surface area (Å²) in [7, 11) is 0. The zero-order chi connectivity index (χ0) is 84.5. The van der Waals surface area contributed by atoms with Crippen molar-refractivity contribution in [3.05, 3.63) is 21.8 Å². The topological polar surface area (TPSA) is 220 Å². The molecule has 7 aromatic rings. The van der Waals surface area contributed by atoms with Gasteiger partial charge in [0.15, 0.2) is 137 Å². The van der Waals surface area contributed by atoms with Crippen LogP contribution in [-0.4, -0.2) is 193 Å². The highest BCUT2D eigenvalue weighted by atomic mass is 127. The third-order valence-corrected chi connectivity index (χ3v) is 13.8. The zero-order valence-corrected chi connectivity index (χ0v) is 55.4. The van der Waals surface area contributed by atoms with Crippen LogP contribution in [0.1, 0.15) is 0 Å². The first kappa shape index (κ1) is 87.0. The second kappa shape index (κ2) is 30.8. The number of aromatic nitrogens is 8. The monoisotopic (exact) mass is 1820 g/mol. The molecule has 0 aliphatic carbocycles. The molecular formula is C56H29F36IN8O12. The lowest BCUT2D eigenvalue weighted by atomic mass is 10.0. The maximum atomic E-state index is 14.7. The van der Waals surface area contributed by atoms with Crippen molar-refractivity contribution in [3.8, 4) is 115 Å². The van der Waals surface area contributed by atoms with E-state index in [2.05, 4.69) is 58.3 Å². The van der Waals surface area contributed by atoms with Gasteiger partial charge in [-0.05, 0) is 40.8 Å². The zero-order valence-electron chi connectivity index (χ0n) is 53.3. The van der Waals surface area contributed by atoms with Crippen molar-refractivity contribution >= 4 is 66.7 Å². The summed E-state index contributed by atoms with van der Waals surface area (Å²) >= 11 is 1.44. The first-order valence-corrected chi connectivity index (χ1v) is 30.1. The number of rotatable bonds is 24. The first-order valence-electron chi connectivity index (χ1n) is 29.1. The molecule has 3 aromatic heterocycles. The molecule has 4 aromatic carbocycles. The lowest BCUT2D eigenvalue weighted by Gasteiger charge is -2.24. The van der Waals surface area contributed by atoms with Crippen LogP contribution in [0.25, 0.3) is 89.7 Å². The van der Waals surface area contributed by atoms with Gasteiger partial charge in [-0.25, -0.2) is 29.9 Å². The van der Waals surface area contributed by atoms with E-state index in [0.717, 1.165) is 18.2 Å². The Morgan fingerprint density at radius 2 is 0.398 bits per heavy atom. The maximum absolute atomic E-state index is 14.7. The lowest BCUT2D eigenvalue weighted by Crippen LogP contribution is -2.25. The molecule has 2 N–H and O–H groups in total. The van der Waals surface area contributed by atoms with Crippen molar-refractivity contribution in [2.75, 3.05) is 79.3 Å². The number of aromatic amines is 2. The molecule has 0 radical (unpaired) electrons. The van der Waals surface area contributed by atoms with E-state index in [4.69, 9.17) is 28.4 Å². The molecule has 5 heterocycles. The molecule has 0 saturated heterocycles. The van der Waals surface area contributed by atoms with E-state index < -0.39 is 312 Å². The minimum atomic E-state index is -6.07. The number of benzene rings is 4. The van der Waals surface area contributed by atoms with E-state index >= 15 is 0 Å². The number of hydrogen-bond donors (Lipinski definition) is 2. The number of hydrogen-bond acceptors (Lipinski definition) is 18. The Labute approximate surface area is 609 Å². The Balaban J connectivity index is 1.75. The van der Waals surface area contributed by atoms with E-state index in [1.807, 2.05) is 9.97 Å². The number of nitrogens with zero attached hydrogens (tertiary/aromatic N) is 6. The van der Waals surface area contributed by atoms with Crippen molar-refractivity contribution in [3.63, 3.8) is 0 Å². The molecule has 2 aliphatic heterocycles. The Hall–Kier alpha value is -9.95. The van der Waals surface area contributed by atoms with Gasteiger partial charge in [0.2, 0.25) is 34.5 Å². The van der Waals surface area contributed by atoms with Crippen LogP contribution in [0.5, 0.6) is 69.0 Å². The number of fused-ring (bicyclic) bond motifs is 20. The van der Waals surface area contributed by atoms with E-state index in [-0.39, 0.29) is 3.57 Å². The number of nitrogens with one attached hydrogen (secondary N) is 2. The summed E-state index contributed by atoms with van der Waals surface area (Å²) in [6.45, 7) is -36.8. The van der Waals surface area contributed by atoms with Crippen molar-refractivity contribution in [1.29, 1.82) is 0 Å². The van der Waals surface area contributed by atoms with Crippen LogP contribution in [0.15, 0.2) is 18.2 Å². The Morgan fingerprint density at radius 3 is 0.619 bits per heavy atom. The average molecular weight is 1820 g/mol. The Kier molecular flexibility index (Phi) is 23.7. The number of H-pyrrole nitrogens is 2. The van der Waals surface area contributed by atoms with E-state index in [1.165, 1.54) is 22.6 Å². The minimum absolute atomic E-state index is 0.106. The molecule has 0 spiro atoms. The summed E-state index contributed by atoms with van der Waals surface area (Å²) in [5, 5.41) is -7.63. The smallest absolute Gasteiger partial charge is 0.422 e. The lowest BCUT2D eigenvalue weighted by molar-refractivity contribution is -0.162. The third-order valence-electron chi connectivity index (χ3n) is 13.2. The quantitative estimate of drug-likeness (QED) is 0.0424. The molecule has 2 aliphatic rings. The van der Waals surface area contributed by atoms with Gasteiger partial charge in [0, 0.05) is 14.7 Å². The summed E-state index contributed by atoms with van der Waals surface area (Å²) in [6, 6.07) is 2.68. The average Bonchev–Trinajstić information content (AvgIpc) is 1.57. The number of ether oxygens (including phenoxy) is 12. The van der Waals surface area contributed by atoms with Gasteiger partial charge >= 0.3 is 74.1 Å².